The van der Waals surface area contributed by atoms with E-state index in [9.17, 15) is 0 Å². The fraction of sp³-hybridized carbons (Fsp3) is 0.438. The summed E-state index contributed by atoms with van der Waals surface area (Å²) < 4.78 is 3.16. The highest BCUT2D eigenvalue weighted by molar-refractivity contribution is 9.10. The zero-order chi connectivity index (χ0) is 14.4. The van der Waals surface area contributed by atoms with Gasteiger partial charge in [-0.2, -0.15) is 5.10 Å². The smallest absolute Gasteiger partial charge is 0.0537 e. The third-order valence-corrected chi connectivity index (χ3v) is 3.78. The van der Waals surface area contributed by atoms with Gasteiger partial charge in [-0.3, -0.25) is 4.68 Å². The van der Waals surface area contributed by atoms with Crippen molar-refractivity contribution in [3.05, 3.63) is 52.3 Å². The van der Waals surface area contributed by atoms with E-state index in [2.05, 4.69) is 70.7 Å². The molecule has 2 aromatic rings. The van der Waals surface area contributed by atoms with Gasteiger partial charge in [-0.25, -0.2) is 0 Å². The Labute approximate surface area is 129 Å². The zero-order valence-electron chi connectivity index (χ0n) is 12.1. The standard InChI is InChI=1S/C16H22BrN3/c1-3-8-20-12-14(11-19-20)16(18-4-2)10-13-6-5-7-15(17)9-13/h5-7,9,11-12,16,18H,3-4,8,10H2,1-2H3. The Kier molecular flexibility index (Phi) is 5.80. The molecular formula is C16H22BrN3. The van der Waals surface area contributed by atoms with Crippen LogP contribution in [0.2, 0.25) is 0 Å². The topological polar surface area (TPSA) is 29.9 Å². The van der Waals surface area contributed by atoms with E-state index in [0.29, 0.717) is 6.04 Å². The van der Waals surface area contributed by atoms with Crippen LogP contribution in [-0.4, -0.2) is 16.3 Å². The Morgan fingerprint density at radius 1 is 1.35 bits per heavy atom. The van der Waals surface area contributed by atoms with Crippen LogP contribution in [0.3, 0.4) is 0 Å². The lowest BCUT2D eigenvalue weighted by Gasteiger charge is -2.16. The summed E-state index contributed by atoms with van der Waals surface area (Å²) in [4.78, 5) is 0. The van der Waals surface area contributed by atoms with Gasteiger partial charge in [0.1, 0.15) is 0 Å². The third-order valence-electron chi connectivity index (χ3n) is 3.29. The number of nitrogens with one attached hydrogen (secondary N) is 1. The van der Waals surface area contributed by atoms with E-state index in [-0.39, 0.29) is 0 Å². The molecule has 108 valence electrons. The minimum atomic E-state index is 0.319. The van der Waals surface area contributed by atoms with Crippen molar-refractivity contribution in [1.82, 2.24) is 15.1 Å². The van der Waals surface area contributed by atoms with Crippen LogP contribution in [0.5, 0.6) is 0 Å². The second-order valence-corrected chi connectivity index (χ2v) is 5.90. The van der Waals surface area contributed by atoms with E-state index < -0.39 is 0 Å². The number of hydrogen-bond donors (Lipinski definition) is 1. The van der Waals surface area contributed by atoms with Gasteiger partial charge in [-0.15, -0.1) is 0 Å². The predicted molar refractivity (Wildman–Crippen MR) is 86.8 cm³/mol. The Morgan fingerprint density at radius 2 is 2.20 bits per heavy atom. The Bertz CT molecular complexity index is 536. The largest absolute Gasteiger partial charge is 0.310 e. The van der Waals surface area contributed by atoms with Crippen LogP contribution >= 0.6 is 15.9 Å². The highest BCUT2D eigenvalue weighted by Crippen LogP contribution is 2.20. The maximum absolute atomic E-state index is 4.44. The van der Waals surface area contributed by atoms with E-state index in [1.54, 1.807) is 0 Å². The molecule has 0 radical (unpaired) electrons. The third kappa shape index (κ3) is 4.18. The molecule has 1 unspecified atom stereocenters. The van der Waals surface area contributed by atoms with Gasteiger partial charge in [-0.05, 0) is 37.1 Å². The second-order valence-electron chi connectivity index (χ2n) is 4.98. The van der Waals surface area contributed by atoms with Crippen LogP contribution in [0.4, 0.5) is 0 Å². The number of hydrogen-bond acceptors (Lipinski definition) is 2. The molecule has 4 heteroatoms. The molecule has 1 heterocycles. The predicted octanol–water partition coefficient (Wildman–Crippen LogP) is 3.95. The molecular weight excluding hydrogens is 314 g/mol. The van der Waals surface area contributed by atoms with Crippen LogP contribution in [-0.2, 0) is 13.0 Å². The Morgan fingerprint density at radius 3 is 2.90 bits per heavy atom. The SMILES string of the molecule is CCCn1cc(C(Cc2cccc(Br)c2)NCC)cn1. The van der Waals surface area contributed by atoms with Crippen molar-refractivity contribution in [3.63, 3.8) is 0 Å². The van der Waals surface area contributed by atoms with E-state index in [0.717, 1.165) is 30.4 Å². The molecule has 0 aliphatic heterocycles. The molecule has 0 aliphatic carbocycles. The van der Waals surface area contributed by atoms with Crippen molar-refractivity contribution < 1.29 is 0 Å². The second kappa shape index (κ2) is 7.60. The summed E-state index contributed by atoms with van der Waals surface area (Å²) >= 11 is 3.54. The summed E-state index contributed by atoms with van der Waals surface area (Å²) in [5.74, 6) is 0. The molecule has 0 saturated carbocycles. The maximum atomic E-state index is 4.44. The lowest BCUT2D eigenvalue weighted by atomic mass is 10.0. The Hall–Kier alpha value is -1.13. The zero-order valence-corrected chi connectivity index (χ0v) is 13.7. The molecule has 0 spiro atoms. The molecule has 2 rings (SSSR count). The van der Waals surface area contributed by atoms with Crippen molar-refractivity contribution >= 4 is 15.9 Å². The summed E-state index contributed by atoms with van der Waals surface area (Å²) in [6, 6.07) is 8.82. The quantitative estimate of drug-likeness (QED) is 0.830. The maximum Gasteiger partial charge on any atom is 0.0537 e. The first-order valence-corrected chi connectivity index (χ1v) is 8.02. The molecule has 20 heavy (non-hydrogen) atoms. The van der Waals surface area contributed by atoms with Gasteiger partial charge in [0.2, 0.25) is 0 Å². The summed E-state index contributed by atoms with van der Waals surface area (Å²) in [5.41, 5.74) is 2.59. The fourth-order valence-electron chi connectivity index (χ4n) is 2.36. The first-order chi connectivity index (χ1) is 9.72. The normalized spacial score (nSPS) is 12.6. The summed E-state index contributed by atoms with van der Waals surface area (Å²) in [6.07, 6.45) is 6.24. The minimum Gasteiger partial charge on any atom is -0.310 e. The summed E-state index contributed by atoms with van der Waals surface area (Å²) in [6.45, 7) is 6.25. The summed E-state index contributed by atoms with van der Waals surface area (Å²) in [5, 5.41) is 7.99. The first-order valence-electron chi connectivity index (χ1n) is 7.23. The number of aromatic nitrogens is 2. The summed E-state index contributed by atoms with van der Waals surface area (Å²) in [7, 11) is 0. The van der Waals surface area contributed by atoms with E-state index in [1.807, 2.05) is 10.9 Å². The minimum absolute atomic E-state index is 0.319. The number of halogens is 1. The molecule has 3 nitrogen and oxygen atoms in total. The molecule has 1 N–H and O–H groups in total. The monoisotopic (exact) mass is 335 g/mol. The number of rotatable bonds is 7. The van der Waals surface area contributed by atoms with E-state index in [1.165, 1.54) is 11.1 Å². The van der Waals surface area contributed by atoms with Gasteiger partial charge < -0.3 is 5.32 Å². The lowest BCUT2D eigenvalue weighted by Crippen LogP contribution is -2.22. The van der Waals surface area contributed by atoms with Gasteiger partial charge in [0.05, 0.1) is 6.20 Å². The fourth-order valence-corrected chi connectivity index (χ4v) is 2.81. The van der Waals surface area contributed by atoms with Gasteiger partial charge in [0, 0.05) is 28.8 Å². The van der Waals surface area contributed by atoms with Gasteiger partial charge in [0.25, 0.3) is 0 Å². The highest BCUT2D eigenvalue weighted by Gasteiger charge is 2.13. The van der Waals surface area contributed by atoms with Gasteiger partial charge >= 0.3 is 0 Å². The van der Waals surface area contributed by atoms with Crippen molar-refractivity contribution in [2.75, 3.05) is 6.54 Å². The number of aryl methyl sites for hydroxylation is 1. The van der Waals surface area contributed by atoms with Crippen LogP contribution in [0.15, 0.2) is 41.1 Å². The molecule has 0 amide bonds. The van der Waals surface area contributed by atoms with Crippen LogP contribution in [0, 0.1) is 0 Å². The van der Waals surface area contributed by atoms with Crippen LogP contribution < -0.4 is 5.32 Å². The molecule has 1 atom stereocenters. The van der Waals surface area contributed by atoms with Gasteiger partial charge in [0.15, 0.2) is 0 Å². The van der Waals surface area contributed by atoms with Crippen molar-refractivity contribution in [3.8, 4) is 0 Å². The lowest BCUT2D eigenvalue weighted by molar-refractivity contribution is 0.547. The van der Waals surface area contributed by atoms with Gasteiger partial charge in [-0.1, -0.05) is 41.9 Å². The molecule has 0 bridgehead atoms. The number of likely N-dealkylation sites (N-methyl/N-ethyl adjacent to an activating group) is 1. The van der Waals surface area contributed by atoms with Crippen molar-refractivity contribution in [1.29, 1.82) is 0 Å². The van der Waals surface area contributed by atoms with Crippen LogP contribution in [0.1, 0.15) is 37.4 Å². The number of nitrogens with zero attached hydrogens (tertiary/aromatic N) is 2. The molecule has 0 saturated heterocycles. The highest BCUT2D eigenvalue weighted by atomic mass is 79.9. The first kappa shape index (κ1) is 15.3. The number of benzene rings is 1. The van der Waals surface area contributed by atoms with Crippen molar-refractivity contribution in [2.24, 2.45) is 0 Å². The average Bonchev–Trinajstić information content (AvgIpc) is 2.87. The van der Waals surface area contributed by atoms with Crippen LogP contribution in [0.25, 0.3) is 0 Å². The molecule has 0 aliphatic rings. The molecule has 0 fully saturated rings. The average molecular weight is 336 g/mol. The Balaban J connectivity index is 2.13. The van der Waals surface area contributed by atoms with E-state index in [4.69, 9.17) is 0 Å². The molecule has 1 aromatic carbocycles. The van der Waals surface area contributed by atoms with Crippen molar-refractivity contribution in [2.45, 2.75) is 39.3 Å². The molecule has 1 aromatic heterocycles. The van der Waals surface area contributed by atoms with E-state index >= 15 is 0 Å².